The van der Waals surface area contributed by atoms with Gasteiger partial charge in [-0.2, -0.15) is 0 Å². The molecule has 1 aromatic carbocycles. The van der Waals surface area contributed by atoms with Crippen molar-refractivity contribution in [2.24, 2.45) is 0 Å². The molecule has 0 amide bonds. The Morgan fingerprint density at radius 3 is 2.67 bits per heavy atom. The molecule has 98 valence electrons. The fourth-order valence-corrected chi connectivity index (χ4v) is 1.45. The van der Waals surface area contributed by atoms with Crippen LogP contribution in [0, 0.1) is 0 Å². The lowest BCUT2D eigenvalue weighted by atomic mass is 10.2. The van der Waals surface area contributed by atoms with Gasteiger partial charge in [-0.15, -0.1) is 0 Å². The first-order valence-electron chi connectivity index (χ1n) is 6.18. The van der Waals surface area contributed by atoms with Crippen molar-refractivity contribution in [3.63, 3.8) is 0 Å². The van der Waals surface area contributed by atoms with Crippen LogP contribution in [0.4, 0.5) is 0 Å². The number of hydrogen-bond acceptors (Lipinski definition) is 3. The maximum atomic E-state index is 11.2. The van der Waals surface area contributed by atoms with E-state index in [9.17, 15) is 4.79 Å². The standard InChI is InChI=1S/C15H20O3/c1-3-18-15(16)11-13(2)9-10-17-12-14-7-5-4-6-8-14/h4-8,11H,3,9-10,12H2,1-2H3/b13-11+. The average molecular weight is 248 g/mol. The van der Waals surface area contributed by atoms with Crippen molar-refractivity contribution in [1.82, 2.24) is 0 Å². The summed E-state index contributed by atoms with van der Waals surface area (Å²) < 4.78 is 10.4. The van der Waals surface area contributed by atoms with Crippen molar-refractivity contribution in [2.45, 2.75) is 26.9 Å². The molecule has 0 unspecified atom stereocenters. The summed E-state index contributed by atoms with van der Waals surface area (Å²) in [7, 11) is 0. The summed E-state index contributed by atoms with van der Waals surface area (Å²) >= 11 is 0. The molecule has 0 heterocycles. The summed E-state index contributed by atoms with van der Waals surface area (Å²) in [6.07, 6.45) is 2.26. The van der Waals surface area contributed by atoms with Crippen LogP contribution in [-0.4, -0.2) is 19.2 Å². The van der Waals surface area contributed by atoms with Gasteiger partial charge < -0.3 is 9.47 Å². The van der Waals surface area contributed by atoms with Gasteiger partial charge in [0, 0.05) is 6.08 Å². The molecule has 0 bridgehead atoms. The maximum absolute atomic E-state index is 11.2. The van der Waals surface area contributed by atoms with Gasteiger partial charge in [0.2, 0.25) is 0 Å². The summed E-state index contributed by atoms with van der Waals surface area (Å²) in [5, 5.41) is 0. The molecule has 0 fully saturated rings. The molecular formula is C15H20O3. The monoisotopic (exact) mass is 248 g/mol. The molecule has 0 saturated carbocycles. The first-order valence-corrected chi connectivity index (χ1v) is 6.18. The Hall–Kier alpha value is -1.61. The SMILES string of the molecule is CCOC(=O)/C=C(\C)CCOCc1ccccc1. The van der Waals surface area contributed by atoms with Crippen molar-refractivity contribution >= 4 is 5.97 Å². The van der Waals surface area contributed by atoms with Crippen LogP contribution < -0.4 is 0 Å². The lowest BCUT2D eigenvalue weighted by Crippen LogP contribution is -2.02. The maximum Gasteiger partial charge on any atom is 0.330 e. The highest BCUT2D eigenvalue weighted by atomic mass is 16.5. The zero-order valence-corrected chi connectivity index (χ0v) is 11.0. The van der Waals surface area contributed by atoms with Crippen LogP contribution in [0.25, 0.3) is 0 Å². The van der Waals surface area contributed by atoms with Crippen LogP contribution >= 0.6 is 0 Å². The molecule has 0 aliphatic carbocycles. The number of rotatable bonds is 7. The highest BCUT2D eigenvalue weighted by molar-refractivity contribution is 5.82. The van der Waals surface area contributed by atoms with Crippen LogP contribution in [0.5, 0.6) is 0 Å². The van der Waals surface area contributed by atoms with Crippen molar-refractivity contribution in [3.05, 3.63) is 47.5 Å². The number of carbonyl (C=O) groups is 1. The molecule has 3 nitrogen and oxygen atoms in total. The molecule has 0 aromatic heterocycles. The normalized spacial score (nSPS) is 11.3. The molecule has 0 saturated heterocycles. The van der Waals surface area contributed by atoms with E-state index >= 15 is 0 Å². The Balaban J connectivity index is 2.19. The molecule has 0 spiro atoms. The van der Waals surface area contributed by atoms with Gasteiger partial charge in [0.15, 0.2) is 0 Å². The second kappa shape index (κ2) is 8.48. The van der Waals surface area contributed by atoms with E-state index in [1.54, 1.807) is 6.92 Å². The molecule has 0 N–H and O–H groups in total. The first-order chi connectivity index (χ1) is 8.72. The van der Waals surface area contributed by atoms with E-state index in [1.165, 1.54) is 6.08 Å². The van der Waals surface area contributed by atoms with Gasteiger partial charge >= 0.3 is 5.97 Å². The van der Waals surface area contributed by atoms with Crippen LogP contribution in [0.15, 0.2) is 42.0 Å². The van der Waals surface area contributed by atoms with E-state index in [4.69, 9.17) is 9.47 Å². The molecule has 18 heavy (non-hydrogen) atoms. The van der Waals surface area contributed by atoms with E-state index in [1.807, 2.05) is 37.3 Å². The van der Waals surface area contributed by atoms with Crippen LogP contribution in [0.2, 0.25) is 0 Å². The second-order valence-electron chi connectivity index (χ2n) is 4.03. The van der Waals surface area contributed by atoms with Gasteiger partial charge in [0.25, 0.3) is 0 Å². The minimum absolute atomic E-state index is 0.280. The molecular weight excluding hydrogens is 228 g/mol. The van der Waals surface area contributed by atoms with E-state index in [2.05, 4.69) is 0 Å². The molecule has 0 atom stereocenters. The number of ether oxygens (including phenoxy) is 2. The molecule has 0 aliphatic heterocycles. The highest BCUT2D eigenvalue weighted by Crippen LogP contribution is 2.04. The van der Waals surface area contributed by atoms with Crippen molar-refractivity contribution in [1.29, 1.82) is 0 Å². The lowest BCUT2D eigenvalue weighted by molar-refractivity contribution is -0.137. The largest absolute Gasteiger partial charge is 0.463 e. The van der Waals surface area contributed by atoms with E-state index < -0.39 is 0 Å². The predicted octanol–water partition coefficient (Wildman–Crippen LogP) is 3.10. The molecule has 1 aromatic rings. The Bertz CT molecular complexity index is 382. The van der Waals surface area contributed by atoms with Crippen molar-refractivity contribution in [2.75, 3.05) is 13.2 Å². The zero-order chi connectivity index (χ0) is 13.2. The summed E-state index contributed by atoms with van der Waals surface area (Å²) in [5.74, 6) is -0.280. The number of carbonyl (C=O) groups excluding carboxylic acids is 1. The Labute approximate surface area is 108 Å². The predicted molar refractivity (Wildman–Crippen MR) is 71.1 cm³/mol. The van der Waals surface area contributed by atoms with Gasteiger partial charge in [0.1, 0.15) is 0 Å². The van der Waals surface area contributed by atoms with E-state index in [0.29, 0.717) is 19.8 Å². The van der Waals surface area contributed by atoms with Crippen LogP contribution in [0.1, 0.15) is 25.8 Å². The second-order valence-corrected chi connectivity index (χ2v) is 4.03. The third kappa shape index (κ3) is 6.21. The van der Waals surface area contributed by atoms with E-state index in [0.717, 1.165) is 17.6 Å². The Kier molecular flexibility index (Phi) is 6.81. The third-order valence-corrected chi connectivity index (χ3v) is 2.40. The summed E-state index contributed by atoms with van der Waals surface area (Å²) in [6.45, 7) is 5.32. The van der Waals surface area contributed by atoms with Crippen molar-refractivity contribution in [3.8, 4) is 0 Å². The fourth-order valence-electron chi connectivity index (χ4n) is 1.45. The van der Waals surface area contributed by atoms with E-state index in [-0.39, 0.29) is 5.97 Å². The quantitative estimate of drug-likeness (QED) is 0.422. The lowest BCUT2D eigenvalue weighted by Gasteiger charge is -2.04. The fraction of sp³-hybridized carbons (Fsp3) is 0.400. The third-order valence-electron chi connectivity index (χ3n) is 2.40. The van der Waals surface area contributed by atoms with Gasteiger partial charge in [-0.3, -0.25) is 0 Å². The van der Waals surface area contributed by atoms with Gasteiger partial charge in [-0.25, -0.2) is 4.79 Å². The first kappa shape index (κ1) is 14.5. The van der Waals surface area contributed by atoms with Crippen LogP contribution in [0.3, 0.4) is 0 Å². The zero-order valence-electron chi connectivity index (χ0n) is 11.0. The smallest absolute Gasteiger partial charge is 0.330 e. The van der Waals surface area contributed by atoms with Crippen LogP contribution in [-0.2, 0) is 20.9 Å². The summed E-state index contributed by atoms with van der Waals surface area (Å²) in [5.41, 5.74) is 2.13. The number of hydrogen-bond donors (Lipinski definition) is 0. The minimum Gasteiger partial charge on any atom is -0.463 e. The summed E-state index contributed by atoms with van der Waals surface area (Å²) in [4.78, 5) is 11.2. The van der Waals surface area contributed by atoms with Gasteiger partial charge in [-0.05, 0) is 25.8 Å². The number of esters is 1. The summed E-state index contributed by atoms with van der Waals surface area (Å²) in [6, 6.07) is 10.0. The van der Waals surface area contributed by atoms with Gasteiger partial charge in [0.05, 0.1) is 19.8 Å². The Morgan fingerprint density at radius 1 is 1.28 bits per heavy atom. The molecule has 1 rings (SSSR count). The van der Waals surface area contributed by atoms with Crippen molar-refractivity contribution < 1.29 is 14.3 Å². The molecule has 0 radical (unpaired) electrons. The van der Waals surface area contributed by atoms with Gasteiger partial charge in [-0.1, -0.05) is 35.9 Å². The average Bonchev–Trinajstić information content (AvgIpc) is 2.36. The molecule has 0 aliphatic rings. The highest BCUT2D eigenvalue weighted by Gasteiger charge is 1.98. The minimum atomic E-state index is -0.280. The molecule has 3 heteroatoms. The Morgan fingerprint density at radius 2 is 2.00 bits per heavy atom. The number of benzene rings is 1. The topological polar surface area (TPSA) is 35.5 Å².